The number of rotatable bonds is 4. The first-order valence-electron chi connectivity index (χ1n) is 4.81. The van der Waals surface area contributed by atoms with Crippen molar-refractivity contribution in [1.29, 1.82) is 0 Å². The van der Waals surface area contributed by atoms with Gasteiger partial charge in [-0.25, -0.2) is 8.42 Å². The highest BCUT2D eigenvalue weighted by Crippen LogP contribution is 2.39. The molecule has 1 rings (SSSR count). The first-order valence-corrected chi connectivity index (χ1v) is 6.63. The molecule has 2 unspecified atom stereocenters. The minimum atomic E-state index is -3.18. The average molecular weight is 238 g/mol. The summed E-state index contributed by atoms with van der Waals surface area (Å²) in [5.74, 6) is -0.316. The molecule has 0 aromatic rings. The molecule has 0 aliphatic carbocycles. The molecule has 1 fully saturated rings. The summed E-state index contributed by atoms with van der Waals surface area (Å²) in [5, 5.41) is 19.5. The first kappa shape index (κ1) is 12.9. The topological polar surface area (TPSA) is 83.8 Å². The molecule has 6 heteroatoms. The van der Waals surface area contributed by atoms with Crippen LogP contribution in [0.3, 0.4) is 0 Å². The highest BCUT2D eigenvalue weighted by atomic mass is 32.2. The molecule has 0 aromatic carbocycles. The van der Waals surface area contributed by atoms with Crippen molar-refractivity contribution >= 4 is 9.84 Å². The van der Waals surface area contributed by atoms with E-state index in [-0.39, 0.29) is 31.1 Å². The van der Waals surface area contributed by atoms with Gasteiger partial charge in [-0.05, 0) is 6.42 Å². The second-order valence-electron chi connectivity index (χ2n) is 4.53. The van der Waals surface area contributed by atoms with Gasteiger partial charge >= 0.3 is 0 Å². The molecule has 0 amide bonds. The van der Waals surface area contributed by atoms with Crippen LogP contribution in [0, 0.1) is 5.41 Å². The van der Waals surface area contributed by atoms with Crippen LogP contribution in [0.25, 0.3) is 0 Å². The number of aliphatic hydroxyl groups excluding tert-OH is 1. The number of hydrogen-bond donors (Lipinski definition) is 2. The van der Waals surface area contributed by atoms with Gasteiger partial charge in [0, 0.05) is 12.5 Å². The standard InChI is InChI=1S/C9H18O5S/c1-8(5-10,6-14-2)9(11)3-4-15(12,13)7-9/h10-11H,3-7H2,1-2H3. The molecule has 0 spiro atoms. The van der Waals surface area contributed by atoms with Crippen LogP contribution in [-0.2, 0) is 14.6 Å². The van der Waals surface area contributed by atoms with Gasteiger partial charge in [0.15, 0.2) is 9.84 Å². The summed E-state index contributed by atoms with van der Waals surface area (Å²) < 4.78 is 27.6. The molecular weight excluding hydrogens is 220 g/mol. The Morgan fingerprint density at radius 3 is 2.47 bits per heavy atom. The molecule has 1 aliphatic rings. The van der Waals surface area contributed by atoms with Gasteiger partial charge in [0.25, 0.3) is 0 Å². The van der Waals surface area contributed by atoms with E-state index in [0.717, 1.165) is 0 Å². The van der Waals surface area contributed by atoms with Crippen LogP contribution < -0.4 is 0 Å². The van der Waals surface area contributed by atoms with E-state index in [2.05, 4.69) is 0 Å². The van der Waals surface area contributed by atoms with Crippen molar-refractivity contribution in [3.05, 3.63) is 0 Å². The Bertz CT molecular complexity index is 325. The van der Waals surface area contributed by atoms with Crippen LogP contribution in [0.15, 0.2) is 0 Å². The molecule has 15 heavy (non-hydrogen) atoms. The van der Waals surface area contributed by atoms with Crippen LogP contribution in [0.2, 0.25) is 0 Å². The Labute approximate surface area is 90.0 Å². The zero-order chi connectivity index (χ0) is 11.7. The maximum atomic E-state index is 11.3. The number of aliphatic hydroxyl groups is 2. The van der Waals surface area contributed by atoms with E-state index < -0.39 is 20.9 Å². The van der Waals surface area contributed by atoms with Crippen LogP contribution in [-0.4, -0.2) is 56.1 Å². The third kappa shape index (κ3) is 2.33. The molecule has 0 bridgehead atoms. The second kappa shape index (κ2) is 4.01. The average Bonchev–Trinajstić information content (AvgIpc) is 2.42. The van der Waals surface area contributed by atoms with Gasteiger partial charge in [-0.2, -0.15) is 0 Å². The van der Waals surface area contributed by atoms with Crippen molar-refractivity contribution in [3.63, 3.8) is 0 Å². The first-order chi connectivity index (χ1) is 6.79. The molecule has 2 atom stereocenters. The third-order valence-corrected chi connectivity index (χ3v) is 4.96. The van der Waals surface area contributed by atoms with Crippen molar-refractivity contribution in [2.45, 2.75) is 18.9 Å². The van der Waals surface area contributed by atoms with E-state index in [1.54, 1.807) is 6.92 Å². The van der Waals surface area contributed by atoms with Gasteiger partial charge in [0.1, 0.15) is 0 Å². The summed E-state index contributed by atoms with van der Waals surface area (Å²) in [6.45, 7) is 1.47. The Balaban J connectivity index is 2.94. The molecule has 90 valence electrons. The Morgan fingerprint density at radius 2 is 2.13 bits per heavy atom. The van der Waals surface area contributed by atoms with Crippen LogP contribution in [0.5, 0.6) is 0 Å². The summed E-state index contributed by atoms with van der Waals surface area (Å²) in [7, 11) is -1.72. The number of methoxy groups -OCH3 is 1. The summed E-state index contributed by atoms with van der Waals surface area (Å²) in [5.41, 5.74) is -2.30. The fraction of sp³-hybridized carbons (Fsp3) is 1.00. The predicted octanol–water partition coefficient (Wildman–Crippen LogP) is -0.819. The van der Waals surface area contributed by atoms with Gasteiger partial charge < -0.3 is 14.9 Å². The van der Waals surface area contributed by atoms with Crippen molar-refractivity contribution in [1.82, 2.24) is 0 Å². The zero-order valence-electron chi connectivity index (χ0n) is 9.06. The Kier molecular flexibility index (Phi) is 3.45. The lowest BCUT2D eigenvalue weighted by Crippen LogP contribution is -2.52. The van der Waals surface area contributed by atoms with Crippen LogP contribution >= 0.6 is 0 Å². The lowest BCUT2D eigenvalue weighted by Gasteiger charge is -2.40. The van der Waals surface area contributed by atoms with Crippen molar-refractivity contribution in [2.75, 3.05) is 31.8 Å². The van der Waals surface area contributed by atoms with Crippen molar-refractivity contribution in [2.24, 2.45) is 5.41 Å². The molecule has 0 saturated carbocycles. The monoisotopic (exact) mass is 238 g/mol. The molecule has 1 aliphatic heterocycles. The Hall–Kier alpha value is -0.170. The largest absolute Gasteiger partial charge is 0.396 e. The molecule has 2 N–H and O–H groups in total. The third-order valence-electron chi connectivity index (χ3n) is 3.22. The smallest absolute Gasteiger partial charge is 0.153 e. The minimum absolute atomic E-state index is 0.0250. The van der Waals surface area contributed by atoms with Gasteiger partial charge in [0.05, 0.1) is 30.3 Å². The summed E-state index contributed by atoms with van der Waals surface area (Å²) in [6.07, 6.45) is 0.162. The minimum Gasteiger partial charge on any atom is -0.396 e. The van der Waals surface area contributed by atoms with Crippen molar-refractivity contribution < 1.29 is 23.4 Å². The van der Waals surface area contributed by atoms with E-state index in [1.807, 2.05) is 0 Å². The predicted molar refractivity (Wildman–Crippen MR) is 55.3 cm³/mol. The van der Waals surface area contributed by atoms with Crippen LogP contribution in [0.1, 0.15) is 13.3 Å². The maximum absolute atomic E-state index is 11.3. The molecule has 0 radical (unpaired) electrons. The lowest BCUT2D eigenvalue weighted by atomic mass is 9.74. The molecule has 1 heterocycles. The molecular formula is C9H18O5S. The fourth-order valence-electron chi connectivity index (χ4n) is 1.95. The maximum Gasteiger partial charge on any atom is 0.153 e. The van der Waals surface area contributed by atoms with Crippen molar-refractivity contribution in [3.8, 4) is 0 Å². The number of hydrogen-bond acceptors (Lipinski definition) is 5. The zero-order valence-corrected chi connectivity index (χ0v) is 9.88. The summed E-state index contributed by atoms with van der Waals surface area (Å²) in [6, 6.07) is 0. The highest BCUT2D eigenvalue weighted by Gasteiger charge is 2.53. The molecule has 5 nitrogen and oxygen atoms in total. The van der Waals surface area contributed by atoms with E-state index in [4.69, 9.17) is 4.74 Å². The van der Waals surface area contributed by atoms with Gasteiger partial charge in [-0.3, -0.25) is 0 Å². The number of sulfone groups is 1. The fourth-order valence-corrected chi connectivity index (χ4v) is 3.97. The molecule has 1 saturated heterocycles. The number of ether oxygens (including phenoxy) is 1. The summed E-state index contributed by atoms with van der Waals surface area (Å²) in [4.78, 5) is 0. The normalized spacial score (nSPS) is 33.9. The SMILES string of the molecule is COCC(C)(CO)C1(O)CCS(=O)(=O)C1. The quantitative estimate of drug-likeness (QED) is 0.668. The van der Waals surface area contributed by atoms with Crippen LogP contribution in [0.4, 0.5) is 0 Å². The summed E-state index contributed by atoms with van der Waals surface area (Å²) >= 11 is 0. The van der Waals surface area contributed by atoms with Gasteiger partial charge in [0.2, 0.25) is 0 Å². The highest BCUT2D eigenvalue weighted by molar-refractivity contribution is 7.91. The lowest BCUT2D eigenvalue weighted by molar-refractivity contribution is -0.113. The second-order valence-corrected chi connectivity index (χ2v) is 6.71. The van der Waals surface area contributed by atoms with E-state index in [1.165, 1.54) is 7.11 Å². The van der Waals surface area contributed by atoms with Gasteiger partial charge in [-0.15, -0.1) is 0 Å². The van der Waals surface area contributed by atoms with Gasteiger partial charge in [-0.1, -0.05) is 6.92 Å². The van der Waals surface area contributed by atoms with E-state index in [0.29, 0.717) is 0 Å². The van der Waals surface area contributed by atoms with E-state index >= 15 is 0 Å². The Morgan fingerprint density at radius 1 is 1.53 bits per heavy atom. The van der Waals surface area contributed by atoms with E-state index in [9.17, 15) is 18.6 Å². The molecule has 0 aromatic heterocycles.